The Labute approximate surface area is 121 Å². The van der Waals surface area contributed by atoms with Crippen molar-refractivity contribution in [3.05, 3.63) is 34.1 Å². The highest BCUT2D eigenvalue weighted by atomic mass is 79.9. The summed E-state index contributed by atoms with van der Waals surface area (Å²) in [6.45, 7) is 4.05. The lowest BCUT2D eigenvalue weighted by molar-refractivity contribution is -0.131. The average molecular weight is 329 g/mol. The molecule has 1 saturated heterocycles. The third kappa shape index (κ3) is 4.01. The zero-order valence-corrected chi connectivity index (χ0v) is 12.5. The Balaban J connectivity index is 1.88. The first kappa shape index (κ1) is 14.5. The van der Waals surface area contributed by atoms with Gasteiger partial charge in [0.2, 0.25) is 5.91 Å². The number of hydrogen-bond donors (Lipinski definition) is 1. The molecule has 1 aliphatic rings. The van der Waals surface area contributed by atoms with Gasteiger partial charge < -0.3 is 10.2 Å². The summed E-state index contributed by atoms with van der Waals surface area (Å²) in [5.74, 6) is -0.141. The quantitative estimate of drug-likeness (QED) is 0.921. The van der Waals surface area contributed by atoms with Crippen LogP contribution in [0.1, 0.15) is 25.3 Å². The first-order valence-electron chi connectivity index (χ1n) is 6.53. The fourth-order valence-corrected chi connectivity index (χ4v) is 2.80. The van der Waals surface area contributed by atoms with Gasteiger partial charge in [-0.05, 0) is 43.5 Å². The Morgan fingerprint density at radius 3 is 2.74 bits per heavy atom. The van der Waals surface area contributed by atoms with Gasteiger partial charge in [0.05, 0.1) is 6.04 Å². The van der Waals surface area contributed by atoms with Crippen molar-refractivity contribution < 1.29 is 9.18 Å². The topological polar surface area (TPSA) is 32.3 Å². The normalized spacial score (nSPS) is 16.7. The summed E-state index contributed by atoms with van der Waals surface area (Å²) in [4.78, 5) is 14.0. The van der Waals surface area contributed by atoms with E-state index in [0.29, 0.717) is 11.0 Å². The highest BCUT2D eigenvalue weighted by molar-refractivity contribution is 9.10. The Hall–Kier alpha value is -0.940. The number of benzene rings is 1. The van der Waals surface area contributed by atoms with Gasteiger partial charge in [0, 0.05) is 24.1 Å². The predicted octanol–water partition coefficient (Wildman–Crippen LogP) is 2.69. The standard InChI is InChI=1S/C14H18BrFN2O/c1-10(14(19)18-4-2-3-5-18)17-9-11-6-12(15)8-13(16)7-11/h6-8,10,17H,2-5,9H2,1H3. The van der Waals surface area contributed by atoms with Crippen molar-refractivity contribution in [3.8, 4) is 0 Å². The molecule has 0 aliphatic carbocycles. The first-order valence-corrected chi connectivity index (χ1v) is 7.33. The van der Waals surface area contributed by atoms with Gasteiger partial charge >= 0.3 is 0 Å². The molecule has 104 valence electrons. The maximum Gasteiger partial charge on any atom is 0.239 e. The molecule has 19 heavy (non-hydrogen) atoms. The van der Waals surface area contributed by atoms with E-state index in [0.717, 1.165) is 31.5 Å². The molecule has 0 spiro atoms. The van der Waals surface area contributed by atoms with Gasteiger partial charge in [-0.2, -0.15) is 0 Å². The Bertz CT molecular complexity index is 441. The average Bonchev–Trinajstić information content (AvgIpc) is 2.87. The van der Waals surface area contributed by atoms with E-state index in [4.69, 9.17) is 0 Å². The first-order chi connectivity index (χ1) is 9.06. The molecule has 1 aliphatic heterocycles. The second-order valence-electron chi connectivity index (χ2n) is 4.91. The maximum atomic E-state index is 13.2. The van der Waals surface area contributed by atoms with Crippen LogP contribution in [0.5, 0.6) is 0 Å². The van der Waals surface area contributed by atoms with Crippen molar-refractivity contribution in [3.63, 3.8) is 0 Å². The van der Waals surface area contributed by atoms with Gasteiger partial charge in [-0.1, -0.05) is 15.9 Å². The van der Waals surface area contributed by atoms with Crippen LogP contribution in [0.2, 0.25) is 0 Å². The number of hydrogen-bond acceptors (Lipinski definition) is 2. The fraction of sp³-hybridized carbons (Fsp3) is 0.500. The number of carbonyl (C=O) groups excluding carboxylic acids is 1. The van der Waals surface area contributed by atoms with Crippen molar-refractivity contribution in [2.75, 3.05) is 13.1 Å². The van der Waals surface area contributed by atoms with E-state index in [-0.39, 0.29) is 17.8 Å². The number of halogens is 2. The largest absolute Gasteiger partial charge is 0.341 e. The van der Waals surface area contributed by atoms with Crippen LogP contribution in [-0.2, 0) is 11.3 Å². The molecule has 1 heterocycles. The number of likely N-dealkylation sites (tertiary alicyclic amines) is 1. The fourth-order valence-electron chi connectivity index (χ4n) is 2.28. The van der Waals surface area contributed by atoms with E-state index in [1.54, 1.807) is 0 Å². The van der Waals surface area contributed by atoms with Crippen LogP contribution in [0.25, 0.3) is 0 Å². The lowest BCUT2D eigenvalue weighted by atomic mass is 10.2. The van der Waals surface area contributed by atoms with Gasteiger partial charge in [-0.15, -0.1) is 0 Å². The smallest absolute Gasteiger partial charge is 0.239 e. The summed E-state index contributed by atoms with van der Waals surface area (Å²) >= 11 is 3.26. The lowest BCUT2D eigenvalue weighted by Gasteiger charge is -2.21. The second kappa shape index (κ2) is 6.48. The van der Waals surface area contributed by atoms with Gasteiger partial charge in [-0.3, -0.25) is 4.79 Å². The minimum absolute atomic E-state index is 0.132. The summed E-state index contributed by atoms with van der Waals surface area (Å²) in [6.07, 6.45) is 2.19. The zero-order chi connectivity index (χ0) is 13.8. The molecule has 5 heteroatoms. The highest BCUT2D eigenvalue weighted by Crippen LogP contribution is 2.15. The molecule has 0 bridgehead atoms. The van der Waals surface area contributed by atoms with Crippen LogP contribution >= 0.6 is 15.9 Å². The van der Waals surface area contributed by atoms with E-state index < -0.39 is 0 Å². The Morgan fingerprint density at radius 1 is 1.42 bits per heavy atom. The van der Waals surface area contributed by atoms with E-state index in [9.17, 15) is 9.18 Å². The van der Waals surface area contributed by atoms with Gasteiger partial charge in [0.1, 0.15) is 5.82 Å². The predicted molar refractivity (Wildman–Crippen MR) is 76.2 cm³/mol. The molecule has 1 amide bonds. The molecule has 1 atom stereocenters. The molecule has 1 fully saturated rings. The molecule has 1 unspecified atom stereocenters. The molecular formula is C14H18BrFN2O. The molecule has 1 aromatic carbocycles. The van der Waals surface area contributed by atoms with Crippen molar-refractivity contribution >= 4 is 21.8 Å². The van der Waals surface area contributed by atoms with Crippen LogP contribution in [0.15, 0.2) is 22.7 Å². The van der Waals surface area contributed by atoms with E-state index >= 15 is 0 Å². The van der Waals surface area contributed by atoms with E-state index in [1.807, 2.05) is 17.9 Å². The second-order valence-corrected chi connectivity index (χ2v) is 5.83. The number of amides is 1. The molecule has 0 radical (unpaired) electrons. The van der Waals surface area contributed by atoms with E-state index in [2.05, 4.69) is 21.2 Å². The summed E-state index contributed by atoms with van der Waals surface area (Å²) in [5, 5.41) is 3.15. The lowest BCUT2D eigenvalue weighted by Crippen LogP contribution is -2.43. The summed E-state index contributed by atoms with van der Waals surface area (Å²) in [5.41, 5.74) is 0.827. The number of nitrogens with one attached hydrogen (secondary N) is 1. The van der Waals surface area contributed by atoms with Crippen LogP contribution in [0.4, 0.5) is 4.39 Å². The molecule has 0 saturated carbocycles. The molecule has 1 N–H and O–H groups in total. The molecule has 1 aromatic rings. The van der Waals surface area contributed by atoms with Crippen LogP contribution < -0.4 is 5.32 Å². The van der Waals surface area contributed by atoms with Crippen LogP contribution in [-0.4, -0.2) is 29.9 Å². The number of nitrogens with zero attached hydrogens (tertiary/aromatic N) is 1. The third-order valence-corrected chi connectivity index (χ3v) is 3.78. The summed E-state index contributed by atoms with van der Waals surface area (Å²) in [6, 6.07) is 4.51. The minimum Gasteiger partial charge on any atom is -0.341 e. The van der Waals surface area contributed by atoms with Crippen molar-refractivity contribution in [2.45, 2.75) is 32.4 Å². The maximum absolute atomic E-state index is 13.2. The third-order valence-electron chi connectivity index (χ3n) is 3.32. The summed E-state index contributed by atoms with van der Waals surface area (Å²) in [7, 11) is 0. The Kier molecular flexibility index (Phi) is 4.93. The van der Waals surface area contributed by atoms with Crippen molar-refractivity contribution in [1.29, 1.82) is 0 Å². The SMILES string of the molecule is CC(NCc1cc(F)cc(Br)c1)C(=O)N1CCCC1. The Morgan fingerprint density at radius 2 is 2.11 bits per heavy atom. The van der Waals surface area contributed by atoms with E-state index in [1.165, 1.54) is 12.1 Å². The molecule has 2 rings (SSSR count). The van der Waals surface area contributed by atoms with Gasteiger partial charge in [0.15, 0.2) is 0 Å². The summed E-state index contributed by atoms with van der Waals surface area (Å²) < 4.78 is 13.9. The minimum atomic E-state index is -0.273. The van der Waals surface area contributed by atoms with Gasteiger partial charge in [-0.25, -0.2) is 4.39 Å². The monoisotopic (exact) mass is 328 g/mol. The molecular weight excluding hydrogens is 311 g/mol. The number of rotatable bonds is 4. The van der Waals surface area contributed by atoms with Crippen molar-refractivity contribution in [1.82, 2.24) is 10.2 Å². The van der Waals surface area contributed by atoms with Crippen LogP contribution in [0, 0.1) is 5.82 Å². The highest BCUT2D eigenvalue weighted by Gasteiger charge is 2.22. The zero-order valence-electron chi connectivity index (χ0n) is 11.0. The number of carbonyl (C=O) groups is 1. The van der Waals surface area contributed by atoms with Gasteiger partial charge in [0.25, 0.3) is 0 Å². The van der Waals surface area contributed by atoms with Crippen molar-refractivity contribution in [2.24, 2.45) is 0 Å². The molecule has 3 nitrogen and oxygen atoms in total. The molecule has 0 aromatic heterocycles. The van der Waals surface area contributed by atoms with Crippen LogP contribution in [0.3, 0.4) is 0 Å².